The zero-order chi connectivity index (χ0) is 15.5. The molecule has 0 saturated carbocycles. The molecule has 3 aromatic carbocycles. The van der Waals surface area contributed by atoms with Gasteiger partial charge in [-0.2, -0.15) is 6.08 Å². The average Bonchev–Trinajstić information content (AvgIpc) is 3.34. The molecule has 114 valence electrons. The number of aromatic nitrogens is 1. The topological polar surface area (TPSA) is 4.93 Å². The summed E-state index contributed by atoms with van der Waals surface area (Å²) in [5.74, 6) is 0. The molecule has 1 heterocycles. The fraction of sp³-hybridized carbons (Fsp3) is 0.0455. The largest absolute Gasteiger partial charge is 2.00 e. The van der Waals surface area contributed by atoms with Gasteiger partial charge < -0.3 is 4.57 Å². The molecule has 1 aliphatic rings. The van der Waals surface area contributed by atoms with Crippen LogP contribution in [-0.4, -0.2) is 4.57 Å². The summed E-state index contributed by atoms with van der Waals surface area (Å²) in [4.78, 5) is 0. The van der Waals surface area contributed by atoms with E-state index in [4.69, 9.17) is 0 Å². The van der Waals surface area contributed by atoms with E-state index in [0.717, 1.165) is 6.42 Å². The summed E-state index contributed by atoms with van der Waals surface area (Å²) >= 11 is 0. The van der Waals surface area contributed by atoms with Crippen LogP contribution in [0.1, 0.15) is 6.42 Å². The monoisotopic (exact) mass is 385 g/mol. The van der Waals surface area contributed by atoms with Crippen LogP contribution in [0.25, 0.3) is 27.4 Å². The van der Waals surface area contributed by atoms with Crippen LogP contribution in [-0.2, 0) is 26.2 Å². The number of benzene rings is 2. The first-order valence-electron chi connectivity index (χ1n) is 7.85. The van der Waals surface area contributed by atoms with E-state index >= 15 is 0 Å². The first kappa shape index (κ1) is 16.8. The standard InChI is InChI=1S/C17H12N.C5H5.Zr/c1-2-7-15-12-16(11-14(15)6-1)18-10-9-13-5-3-4-8-17(13)18;1-2-4-5-3-1;/h1-12H;1-3H,4H2;/q2*-1;+2. The second-order valence-corrected chi connectivity index (χ2v) is 5.59. The molecule has 0 radical (unpaired) electrons. The minimum Gasteiger partial charge on any atom is -0.335 e. The molecule has 0 aliphatic heterocycles. The molecule has 0 atom stereocenters. The summed E-state index contributed by atoms with van der Waals surface area (Å²) in [5.41, 5.74) is 2.49. The van der Waals surface area contributed by atoms with Crippen LogP contribution in [0, 0.1) is 6.08 Å². The number of para-hydroxylation sites is 1. The van der Waals surface area contributed by atoms with Gasteiger partial charge in [-0.25, -0.2) is 12.2 Å². The van der Waals surface area contributed by atoms with E-state index < -0.39 is 0 Å². The van der Waals surface area contributed by atoms with E-state index in [1.54, 1.807) is 0 Å². The van der Waals surface area contributed by atoms with Crippen LogP contribution in [0.4, 0.5) is 0 Å². The van der Waals surface area contributed by atoms with Crippen molar-refractivity contribution in [1.82, 2.24) is 4.57 Å². The Kier molecular flexibility index (Phi) is 5.38. The molecule has 5 rings (SSSR count). The molecule has 24 heavy (non-hydrogen) atoms. The van der Waals surface area contributed by atoms with E-state index in [1.165, 1.54) is 27.4 Å². The molecule has 2 heteroatoms. The van der Waals surface area contributed by atoms with Crippen LogP contribution in [0.2, 0.25) is 0 Å². The van der Waals surface area contributed by atoms with E-state index in [0.29, 0.717) is 0 Å². The van der Waals surface area contributed by atoms with Gasteiger partial charge in [0, 0.05) is 6.20 Å². The maximum absolute atomic E-state index is 2.99. The molecule has 0 N–H and O–H groups in total. The summed E-state index contributed by atoms with van der Waals surface area (Å²) in [6, 6.07) is 23.6. The second-order valence-electron chi connectivity index (χ2n) is 5.59. The summed E-state index contributed by atoms with van der Waals surface area (Å²) in [6.45, 7) is 0. The average molecular weight is 387 g/mol. The third-order valence-corrected chi connectivity index (χ3v) is 4.07. The number of rotatable bonds is 1. The molecule has 0 bridgehead atoms. The van der Waals surface area contributed by atoms with E-state index in [9.17, 15) is 0 Å². The minimum atomic E-state index is 0. The molecule has 0 spiro atoms. The fourth-order valence-corrected chi connectivity index (χ4v) is 2.92. The van der Waals surface area contributed by atoms with Crippen molar-refractivity contribution < 1.29 is 26.2 Å². The van der Waals surface area contributed by atoms with E-state index in [1.807, 2.05) is 12.2 Å². The summed E-state index contributed by atoms with van der Waals surface area (Å²) in [6.07, 6.45) is 12.1. The fourth-order valence-electron chi connectivity index (χ4n) is 2.92. The summed E-state index contributed by atoms with van der Waals surface area (Å²) in [7, 11) is 0. The summed E-state index contributed by atoms with van der Waals surface area (Å²) in [5, 5.41) is 3.87. The molecule has 0 fully saturated rings. The predicted octanol–water partition coefficient (Wildman–Crippen LogP) is 5.81. The predicted molar refractivity (Wildman–Crippen MR) is 97.9 cm³/mol. The smallest absolute Gasteiger partial charge is 0.335 e. The van der Waals surface area contributed by atoms with E-state index in [2.05, 4.69) is 89.6 Å². The number of fused-ring (bicyclic) bond motifs is 2. The molecule has 1 nitrogen and oxygen atoms in total. The van der Waals surface area contributed by atoms with Crippen molar-refractivity contribution in [3.05, 3.63) is 97.2 Å². The number of allylic oxidation sites excluding steroid dienone is 4. The zero-order valence-corrected chi connectivity index (χ0v) is 15.8. The van der Waals surface area contributed by atoms with Gasteiger partial charge in [0.2, 0.25) is 0 Å². The Morgan fingerprint density at radius 1 is 0.917 bits per heavy atom. The van der Waals surface area contributed by atoms with Gasteiger partial charge in [-0.15, -0.1) is 47.5 Å². The Morgan fingerprint density at radius 3 is 2.42 bits per heavy atom. The van der Waals surface area contributed by atoms with E-state index in [-0.39, 0.29) is 26.2 Å². The Labute approximate surface area is 161 Å². The molecular weight excluding hydrogens is 369 g/mol. The van der Waals surface area contributed by atoms with Gasteiger partial charge in [0.1, 0.15) is 0 Å². The third-order valence-electron chi connectivity index (χ3n) is 4.07. The van der Waals surface area contributed by atoms with Crippen LogP contribution in [0.5, 0.6) is 0 Å². The minimum absolute atomic E-state index is 0. The Balaban J connectivity index is 0.000000245. The Bertz CT molecular complexity index is 958. The molecule has 0 unspecified atom stereocenters. The third kappa shape index (κ3) is 3.39. The number of hydrogen-bond acceptors (Lipinski definition) is 0. The molecular formula is C22H17NZr. The second kappa shape index (κ2) is 7.68. The van der Waals surface area contributed by atoms with Gasteiger partial charge in [-0.05, 0) is 23.2 Å². The first-order valence-corrected chi connectivity index (χ1v) is 7.85. The molecule has 4 aromatic rings. The van der Waals surface area contributed by atoms with Gasteiger partial charge >= 0.3 is 26.2 Å². The van der Waals surface area contributed by atoms with Crippen molar-refractivity contribution in [2.45, 2.75) is 6.42 Å². The SMILES string of the molecule is [C-]1=CC=CC1.[Zr+2].c1ccc2[cH-]c(-n3ccc4ccccc43)cc2c1. The van der Waals surface area contributed by atoms with Crippen LogP contribution >= 0.6 is 0 Å². The van der Waals surface area contributed by atoms with Crippen molar-refractivity contribution in [3.8, 4) is 5.69 Å². The first-order chi connectivity index (χ1) is 11.4. The molecule has 0 amide bonds. The van der Waals surface area contributed by atoms with Crippen molar-refractivity contribution in [3.63, 3.8) is 0 Å². The van der Waals surface area contributed by atoms with Crippen molar-refractivity contribution >= 4 is 21.7 Å². The van der Waals surface area contributed by atoms with Crippen LogP contribution < -0.4 is 0 Å². The number of hydrogen-bond donors (Lipinski definition) is 0. The quantitative estimate of drug-likeness (QED) is 0.364. The van der Waals surface area contributed by atoms with Gasteiger partial charge in [0.25, 0.3) is 0 Å². The van der Waals surface area contributed by atoms with Crippen molar-refractivity contribution in [2.75, 3.05) is 0 Å². The molecule has 0 saturated heterocycles. The molecule has 1 aromatic heterocycles. The van der Waals surface area contributed by atoms with Gasteiger partial charge in [-0.1, -0.05) is 24.3 Å². The van der Waals surface area contributed by atoms with Gasteiger partial charge in [0.05, 0.1) is 5.52 Å². The Morgan fingerprint density at radius 2 is 1.71 bits per heavy atom. The maximum atomic E-state index is 2.99. The maximum Gasteiger partial charge on any atom is 2.00 e. The van der Waals surface area contributed by atoms with Gasteiger partial charge in [0.15, 0.2) is 0 Å². The molecule has 1 aliphatic carbocycles. The van der Waals surface area contributed by atoms with Crippen LogP contribution in [0.3, 0.4) is 0 Å². The number of nitrogens with zero attached hydrogens (tertiary/aromatic N) is 1. The Hall–Kier alpha value is -2.05. The normalized spacial score (nSPS) is 12.2. The van der Waals surface area contributed by atoms with Gasteiger partial charge in [-0.3, -0.25) is 6.08 Å². The summed E-state index contributed by atoms with van der Waals surface area (Å²) < 4.78 is 2.25. The van der Waals surface area contributed by atoms with Crippen LogP contribution in [0.15, 0.2) is 91.2 Å². The zero-order valence-electron chi connectivity index (χ0n) is 13.3. The van der Waals surface area contributed by atoms with Crippen molar-refractivity contribution in [2.24, 2.45) is 0 Å². The van der Waals surface area contributed by atoms with Crippen molar-refractivity contribution in [1.29, 1.82) is 0 Å².